The van der Waals surface area contributed by atoms with Crippen LogP contribution in [0.25, 0.3) is 0 Å². The van der Waals surface area contributed by atoms with Gasteiger partial charge in [-0.15, -0.1) is 11.8 Å². The summed E-state index contributed by atoms with van der Waals surface area (Å²) in [5.74, 6) is 0. The van der Waals surface area contributed by atoms with Crippen LogP contribution in [-0.2, 0) is 13.1 Å². The average molecular weight is 272 g/mol. The molecule has 2 aromatic rings. The van der Waals surface area contributed by atoms with Crippen molar-refractivity contribution >= 4 is 11.8 Å². The van der Waals surface area contributed by atoms with E-state index in [1.807, 2.05) is 0 Å². The van der Waals surface area contributed by atoms with Crippen molar-refractivity contribution in [2.24, 2.45) is 0 Å². The largest absolute Gasteiger partial charge is 0.349 e. The Bertz CT molecular complexity index is 544. The van der Waals surface area contributed by atoms with Gasteiger partial charge in [0.15, 0.2) is 0 Å². The predicted molar refractivity (Wildman–Crippen MR) is 81.5 cm³/mol. The number of nitrogens with zero attached hydrogens (tertiary/aromatic N) is 2. The van der Waals surface area contributed by atoms with E-state index in [1.54, 1.807) is 11.8 Å². The standard InChI is InChI=1S/C16H20N2S/c1-13-16-4-3-9-17(16)10-11-18(13)12-14-5-7-15(19-2)8-6-14/h3-9,13H,10-12H2,1-2H3/t13-/m0/s1. The summed E-state index contributed by atoms with van der Waals surface area (Å²) in [5.41, 5.74) is 2.84. The van der Waals surface area contributed by atoms with Gasteiger partial charge in [-0.25, -0.2) is 0 Å². The van der Waals surface area contributed by atoms with Crippen LogP contribution in [0.1, 0.15) is 24.2 Å². The van der Waals surface area contributed by atoms with E-state index in [0.29, 0.717) is 6.04 Å². The van der Waals surface area contributed by atoms with E-state index in [2.05, 4.69) is 65.2 Å². The normalized spacial score (nSPS) is 19.4. The summed E-state index contributed by atoms with van der Waals surface area (Å²) in [4.78, 5) is 3.90. The van der Waals surface area contributed by atoms with E-state index in [9.17, 15) is 0 Å². The minimum atomic E-state index is 0.504. The molecule has 1 aliphatic rings. The molecule has 0 N–H and O–H groups in total. The lowest BCUT2D eigenvalue weighted by molar-refractivity contribution is 0.161. The van der Waals surface area contributed by atoms with Gasteiger partial charge in [0, 0.05) is 42.5 Å². The fraction of sp³-hybridized carbons (Fsp3) is 0.375. The minimum Gasteiger partial charge on any atom is -0.349 e. The molecule has 0 bridgehead atoms. The third kappa shape index (κ3) is 2.58. The van der Waals surface area contributed by atoms with Crippen LogP contribution >= 0.6 is 11.8 Å². The Hall–Kier alpha value is -1.19. The van der Waals surface area contributed by atoms with Crippen LogP contribution in [0.15, 0.2) is 47.5 Å². The smallest absolute Gasteiger partial charge is 0.0476 e. The van der Waals surface area contributed by atoms with Crippen LogP contribution in [-0.4, -0.2) is 22.3 Å². The van der Waals surface area contributed by atoms with Crippen LogP contribution in [0.4, 0.5) is 0 Å². The number of hydrogen-bond donors (Lipinski definition) is 0. The lowest BCUT2D eigenvalue weighted by atomic mass is 10.1. The van der Waals surface area contributed by atoms with Crippen molar-refractivity contribution < 1.29 is 0 Å². The lowest BCUT2D eigenvalue weighted by Gasteiger charge is -2.34. The highest BCUT2D eigenvalue weighted by Gasteiger charge is 2.23. The lowest BCUT2D eigenvalue weighted by Crippen LogP contribution is -2.35. The summed E-state index contributed by atoms with van der Waals surface area (Å²) in [6.45, 7) is 5.59. The van der Waals surface area contributed by atoms with E-state index in [1.165, 1.54) is 16.2 Å². The second-order valence-corrected chi connectivity index (χ2v) is 6.00. The summed E-state index contributed by atoms with van der Waals surface area (Å²) in [6, 6.07) is 13.9. The number of aromatic nitrogens is 1. The van der Waals surface area contributed by atoms with Gasteiger partial charge in [0.25, 0.3) is 0 Å². The van der Waals surface area contributed by atoms with Gasteiger partial charge in [-0.2, -0.15) is 0 Å². The molecule has 0 aliphatic carbocycles. The Kier molecular flexibility index (Phi) is 3.67. The van der Waals surface area contributed by atoms with E-state index in [0.717, 1.165) is 19.6 Å². The highest BCUT2D eigenvalue weighted by Crippen LogP contribution is 2.27. The quantitative estimate of drug-likeness (QED) is 0.786. The molecule has 0 amide bonds. The van der Waals surface area contributed by atoms with E-state index in [4.69, 9.17) is 0 Å². The predicted octanol–water partition coefficient (Wildman–Crippen LogP) is 3.79. The zero-order valence-electron chi connectivity index (χ0n) is 11.5. The van der Waals surface area contributed by atoms with Gasteiger partial charge in [-0.05, 0) is 43.0 Å². The van der Waals surface area contributed by atoms with E-state index >= 15 is 0 Å². The maximum atomic E-state index is 2.56. The number of benzene rings is 1. The Morgan fingerprint density at radius 2 is 1.95 bits per heavy atom. The Morgan fingerprint density at radius 1 is 1.16 bits per heavy atom. The molecule has 0 radical (unpaired) electrons. The topological polar surface area (TPSA) is 8.17 Å². The Balaban J connectivity index is 1.73. The van der Waals surface area contributed by atoms with Crippen LogP contribution in [0.2, 0.25) is 0 Å². The van der Waals surface area contributed by atoms with Crippen molar-refractivity contribution in [2.45, 2.75) is 31.0 Å². The number of thioether (sulfide) groups is 1. The molecular weight excluding hydrogens is 252 g/mol. The first-order valence-electron chi connectivity index (χ1n) is 6.80. The first-order valence-corrected chi connectivity index (χ1v) is 8.02. The molecule has 3 rings (SSSR count). The second kappa shape index (κ2) is 5.43. The fourth-order valence-electron chi connectivity index (χ4n) is 2.81. The molecule has 0 saturated carbocycles. The van der Waals surface area contributed by atoms with Crippen LogP contribution < -0.4 is 0 Å². The molecule has 0 unspecified atom stereocenters. The summed E-state index contributed by atoms with van der Waals surface area (Å²) in [7, 11) is 0. The molecule has 100 valence electrons. The molecule has 2 nitrogen and oxygen atoms in total. The Morgan fingerprint density at radius 3 is 2.68 bits per heavy atom. The Labute approximate surface area is 119 Å². The molecule has 1 aliphatic heterocycles. The summed E-state index contributed by atoms with van der Waals surface area (Å²) >= 11 is 1.80. The third-order valence-corrected chi connectivity index (χ3v) is 4.76. The molecule has 19 heavy (non-hydrogen) atoms. The summed E-state index contributed by atoms with van der Waals surface area (Å²) < 4.78 is 2.37. The highest BCUT2D eigenvalue weighted by atomic mass is 32.2. The van der Waals surface area contributed by atoms with Gasteiger partial charge in [0.1, 0.15) is 0 Å². The third-order valence-electron chi connectivity index (χ3n) is 4.01. The first kappa shape index (κ1) is 12.8. The molecule has 2 heterocycles. The van der Waals surface area contributed by atoms with Gasteiger partial charge < -0.3 is 4.57 Å². The summed E-state index contributed by atoms with van der Waals surface area (Å²) in [5, 5.41) is 0. The summed E-state index contributed by atoms with van der Waals surface area (Å²) in [6.07, 6.45) is 4.31. The first-order chi connectivity index (χ1) is 9.28. The van der Waals surface area contributed by atoms with Crippen molar-refractivity contribution in [3.63, 3.8) is 0 Å². The van der Waals surface area contributed by atoms with Crippen LogP contribution in [0.3, 0.4) is 0 Å². The molecule has 3 heteroatoms. The molecule has 0 saturated heterocycles. The zero-order chi connectivity index (χ0) is 13.2. The monoisotopic (exact) mass is 272 g/mol. The molecular formula is C16H20N2S. The van der Waals surface area contributed by atoms with Crippen molar-refractivity contribution in [3.05, 3.63) is 53.9 Å². The van der Waals surface area contributed by atoms with Gasteiger partial charge in [0.05, 0.1) is 0 Å². The molecule has 0 spiro atoms. The molecule has 1 atom stereocenters. The van der Waals surface area contributed by atoms with Crippen LogP contribution in [0.5, 0.6) is 0 Å². The van der Waals surface area contributed by atoms with Crippen molar-refractivity contribution in [2.75, 3.05) is 12.8 Å². The van der Waals surface area contributed by atoms with Gasteiger partial charge in [-0.1, -0.05) is 12.1 Å². The molecule has 1 aromatic heterocycles. The van der Waals surface area contributed by atoms with Gasteiger partial charge >= 0.3 is 0 Å². The highest BCUT2D eigenvalue weighted by molar-refractivity contribution is 7.98. The van der Waals surface area contributed by atoms with Crippen molar-refractivity contribution in [3.8, 4) is 0 Å². The van der Waals surface area contributed by atoms with Gasteiger partial charge in [-0.3, -0.25) is 4.90 Å². The van der Waals surface area contributed by atoms with Crippen molar-refractivity contribution in [1.29, 1.82) is 0 Å². The van der Waals surface area contributed by atoms with E-state index < -0.39 is 0 Å². The van der Waals surface area contributed by atoms with Crippen molar-refractivity contribution in [1.82, 2.24) is 9.47 Å². The minimum absolute atomic E-state index is 0.504. The van der Waals surface area contributed by atoms with Crippen LogP contribution in [0, 0.1) is 0 Å². The number of rotatable bonds is 3. The SMILES string of the molecule is CSc1ccc(CN2CCn3cccc3[C@@H]2C)cc1. The number of hydrogen-bond acceptors (Lipinski definition) is 2. The average Bonchev–Trinajstić information content (AvgIpc) is 2.92. The number of fused-ring (bicyclic) bond motifs is 1. The van der Waals surface area contributed by atoms with E-state index in [-0.39, 0.29) is 0 Å². The zero-order valence-corrected chi connectivity index (χ0v) is 12.4. The van der Waals surface area contributed by atoms with Gasteiger partial charge in [0.2, 0.25) is 0 Å². The maximum Gasteiger partial charge on any atom is 0.0476 e. The second-order valence-electron chi connectivity index (χ2n) is 5.12. The fourth-order valence-corrected chi connectivity index (χ4v) is 3.22. The molecule has 1 aromatic carbocycles. The maximum absolute atomic E-state index is 2.56. The molecule has 0 fully saturated rings.